The van der Waals surface area contributed by atoms with E-state index in [9.17, 15) is 0 Å². The van der Waals surface area contributed by atoms with Crippen LogP contribution in [0.15, 0.2) is 6.20 Å². The van der Waals surface area contributed by atoms with E-state index in [0.29, 0.717) is 10.9 Å². The third-order valence-electron chi connectivity index (χ3n) is 4.32. The van der Waals surface area contributed by atoms with Crippen molar-refractivity contribution in [3.63, 3.8) is 0 Å². The molecule has 108 valence electrons. The number of nitrogens with two attached hydrogens (primary N) is 1. The lowest BCUT2D eigenvalue weighted by atomic mass is 9.82. The van der Waals surface area contributed by atoms with Crippen LogP contribution >= 0.6 is 11.6 Å². The molecular formula is C14H24ClN3O. The SMILES string of the molecule is CCCn1ncc(Cl)c1C(N)C1C(C)OC(C)C1C. The zero-order chi connectivity index (χ0) is 14.2. The van der Waals surface area contributed by atoms with E-state index in [1.54, 1.807) is 6.20 Å². The Morgan fingerprint density at radius 1 is 1.42 bits per heavy atom. The van der Waals surface area contributed by atoms with E-state index in [1.165, 1.54) is 0 Å². The first-order chi connectivity index (χ1) is 8.97. The van der Waals surface area contributed by atoms with Crippen LogP contribution in [-0.4, -0.2) is 22.0 Å². The zero-order valence-electron chi connectivity index (χ0n) is 12.1. The molecule has 2 rings (SSSR count). The molecule has 19 heavy (non-hydrogen) atoms. The van der Waals surface area contributed by atoms with Crippen LogP contribution in [0.2, 0.25) is 5.02 Å². The Balaban J connectivity index is 2.28. The van der Waals surface area contributed by atoms with Gasteiger partial charge in [-0.1, -0.05) is 25.4 Å². The summed E-state index contributed by atoms with van der Waals surface area (Å²) in [4.78, 5) is 0. The van der Waals surface area contributed by atoms with Crippen LogP contribution in [0.5, 0.6) is 0 Å². The van der Waals surface area contributed by atoms with Gasteiger partial charge in [-0.25, -0.2) is 0 Å². The molecule has 2 heterocycles. The summed E-state index contributed by atoms with van der Waals surface area (Å²) in [5.41, 5.74) is 7.44. The average molecular weight is 286 g/mol. The molecule has 0 aliphatic carbocycles. The maximum atomic E-state index is 6.49. The molecule has 4 nitrogen and oxygen atoms in total. The van der Waals surface area contributed by atoms with E-state index in [4.69, 9.17) is 22.1 Å². The smallest absolute Gasteiger partial charge is 0.0834 e. The van der Waals surface area contributed by atoms with Gasteiger partial charge in [0.25, 0.3) is 0 Å². The largest absolute Gasteiger partial charge is 0.375 e. The van der Waals surface area contributed by atoms with Gasteiger partial charge in [-0.05, 0) is 26.2 Å². The van der Waals surface area contributed by atoms with Crippen LogP contribution in [-0.2, 0) is 11.3 Å². The molecule has 2 N–H and O–H groups in total. The third-order valence-corrected chi connectivity index (χ3v) is 4.61. The van der Waals surface area contributed by atoms with E-state index in [2.05, 4.69) is 32.8 Å². The summed E-state index contributed by atoms with van der Waals surface area (Å²) in [5, 5.41) is 5.00. The zero-order valence-corrected chi connectivity index (χ0v) is 12.9. The van der Waals surface area contributed by atoms with Gasteiger partial charge < -0.3 is 10.5 Å². The number of aromatic nitrogens is 2. The molecular weight excluding hydrogens is 262 g/mol. The van der Waals surface area contributed by atoms with Gasteiger partial charge in [-0.3, -0.25) is 4.68 Å². The second kappa shape index (κ2) is 5.81. The summed E-state index contributed by atoms with van der Waals surface area (Å²) >= 11 is 6.28. The summed E-state index contributed by atoms with van der Waals surface area (Å²) in [6, 6.07) is -0.128. The number of hydrogen-bond donors (Lipinski definition) is 1. The van der Waals surface area contributed by atoms with Crippen molar-refractivity contribution in [2.75, 3.05) is 0 Å². The normalized spacial score (nSPS) is 32.7. The molecule has 1 aliphatic rings. The van der Waals surface area contributed by atoms with Gasteiger partial charge in [0.05, 0.1) is 35.2 Å². The van der Waals surface area contributed by atoms with E-state index < -0.39 is 0 Å². The first-order valence-corrected chi connectivity index (χ1v) is 7.47. The van der Waals surface area contributed by atoms with E-state index >= 15 is 0 Å². The average Bonchev–Trinajstić information content (AvgIpc) is 2.81. The highest BCUT2D eigenvalue weighted by Crippen LogP contribution is 2.40. The fourth-order valence-electron chi connectivity index (χ4n) is 3.19. The molecule has 0 radical (unpaired) electrons. The number of aryl methyl sites for hydroxylation is 1. The Morgan fingerprint density at radius 2 is 2.11 bits per heavy atom. The Morgan fingerprint density at radius 3 is 2.63 bits per heavy atom. The summed E-state index contributed by atoms with van der Waals surface area (Å²) in [7, 11) is 0. The summed E-state index contributed by atoms with van der Waals surface area (Å²) < 4.78 is 7.83. The lowest BCUT2D eigenvalue weighted by Gasteiger charge is -2.26. The molecule has 0 saturated carbocycles. The van der Waals surface area contributed by atoms with Gasteiger partial charge in [0.2, 0.25) is 0 Å². The van der Waals surface area contributed by atoms with E-state index in [0.717, 1.165) is 18.7 Å². The predicted molar refractivity (Wildman–Crippen MR) is 77.1 cm³/mol. The molecule has 1 aromatic rings. The van der Waals surface area contributed by atoms with Crippen molar-refractivity contribution in [3.05, 3.63) is 16.9 Å². The van der Waals surface area contributed by atoms with Crippen molar-refractivity contribution in [1.29, 1.82) is 0 Å². The Kier molecular flexibility index (Phi) is 4.54. The molecule has 5 unspecified atom stereocenters. The predicted octanol–water partition coefficient (Wildman–Crippen LogP) is 3.01. The number of halogens is 1. The van der Waals surface area contributed by atoms with Crippen LogP contribution in [0, 0.1) is 11.8 Å². The van der Waals surface area contributed by atoms with Gasteiger partial charge in [0.15, 0.2) is 0 Å². The summed E-state index contributed by atoms with van der Waals surface area (Å²) in [5.74, 6) is 0.700. The van der Waals surface area contributed by atoms with Gasteiger partial charge in [0.1, 0.15) is 0 Å². The van der Waals surface area contributed by atoms with Crippen LogP contribution in [0.25, 0.3) is 0 Å². The monoisotopic (exact) mass is 285 g/mol. The van der Waals surface area contributed by atoms with Crippen molar-refractivity contribution in [1.82, 2.24) is 9.78 Å². The fraction of sp³-hybridized carbons (Fsp3) is 0.786. The molecule has 0 bridgehead atoms. The van der Waals surface area contributed by atoms with Gasteiger partial charge in [-0.15, -0.1) is 0 Å². The molecule has 0 spiro atoms. The maximum Gasteiger partial charge on any atom is 0.0834 e. The Labute approximate surface area is 120 Å². The number of rotatable bonds is 4. The number of ether oxygens (including phenoxy) is 1. The molecule has 1 aliphatic heterocycles. The minimum Gasteiger partial charge on any atom is -0.375 e. The van der Waals surface area contributed by atoms with E-state index in [1.807, 2.05) is 4.68 Å². The molecule has 0 amide bonds. The molecule has 0 aromatic carbocycles. The highest BCUT2D eigenvalue weighted by Gasteiger charge is 2.42. The summed E-state index contributed by atoms with van der Waals surface area (Å²) in [6.45, 7) is 9.38. The van der Waals surface area contributed by atoms with E-state index in [-0.39, 0.29) is 24.2 Å². The van der Waals surface area contributed by atoms with Crippen LogP contribution < -0.4 is 5.73 Å². The van der Waals surface area contributed by atoms with Gasteiger partial charge >= 0.3 is 0 Å². The van der Waals surface area contributed by atoms with Crippen molar-refractivity contribution in [2.24, 2.45) is 17.6 Å². The number of nitrogens with zero attached hydrogens (tertiary/aromatic N) is 2. The topological polar surface area (TPSA) is 53.1 Å². The van der Waals surface area contributed by atoms with Crippen molar-refractivity contribution >= 4 is 11.6 Å². The molecule has 1 saturated heterocycles. The van der Waals surface area contributed by atoms with Crippen LogP contribution in [0.1, 0.15) is 45.9 Å². The second-order valence-corrected chi connectivity index (χ2v) is 6.02. The van der Waals surface area contributed by atoms with Crippen molar-refractivity contribution in [2.45, 2.75) is 58.9 Å². The lowest BCUT2D eigenvalue weighted by Crippen LogP contribution is -2.32. The highest BCUT2D eigenvalue weighted by atomic mass is 35.5. The first kappa shape index (κ1) is 14.8. The van der Waals surface area contributed by atoms with Crippen molar-refractivity contribution in [3.8, 4) is 0 Å². The standard InChI is InChI=1S/C14H24ClN3O/c1-5-6-18-14(11(15)7-17-18)13(16)12-8(2)9(3)19-10(12)4/h7-10,12-13H,5-6,16H2,1-4H3. The fourth-order valence-corrected chi connectivity index (χ4v) is 3.46. The summed E-state index contributed by atoms with van der Waals surface area (Å²) in [6.07, 6.45) is 3.11. The third kappa shape index (κ3) is 2.67. The van der Waals surface area contributed by atoms with Gasteiger partial charge in [0, 0.05) is 12.5 Å². The molecule has 5 atom stereocenters. The molecule has 1 aromatic heterocycles. The maximum absolute atomic E-state index is 6.49. The van der Waals surface area contributed by atoms with Crippen molar-refractivity contribution < 1.29 is 4.74 Å². The lowest BCUT2D eigenvalue weighted by molar-refractivity contribution is 0.0487. The van der Waals surface area contributed by atoms with Crippen LogP contribution in [0.3, 0.4) is 0 Å². The minimum absolute atomic E-state index is 0.128. The Bertz CT molecular complexity index is 434. The quantitative estimate of drug-likeness (QED) is 0.925. The van der Waals surface area contributed by atoms with Crippen LogP contribution in [0.4, 0.5) is 0 Å². The molecule has 5 heteroatoms. The minimum atomic E-state index is -0.128. The second-order valence-electron chi connectivity index (χ2n) is 5.61. The number of hydrogen-bond acceptors (Lipinski definition) is 3. The van der Waals surface area contributed by atoms with Gasteiger partial charge in [-0.2, -0.15) is 5.10 Å². The molecule has 1 fully saturated rings. The highest BCUT2D eigenvalue weighted by molar-refractivity contribution is 6.31. The first-order valence-electron chi connectivity index (χ1n) is 7.09. The Hall–Kier alpha value is -0.580.